The lowest BCUT2D eigenvalue weighted by atomic mass is 10.2. The molecule has 2 aromatic rings. The molecule has 0 amide bonds. The number of aryl methyl sites for hydroxylation is 1. The van der Waals surface area contributed by atoms with E-state index in [0.29, 0.717) is 0 Å². The Kier molecular flexibility index (Phi) is 3.90. The quantitative estimate of drug-likeness (QED) is 0.605. The van der Waals surface area contributed by atoms with Crippen molar-refractivity contribution in [2.45, 2.75) is 26.6 Å². The summed E-state index contributed by atoms with van der Waals surface area (Å²) in [6.45, 7) is 8.52. The van der Waals surface area contributed by atoms with Crippen LogP contribution in [0.5, 0.6) is 5.75 Å². The van der Waals surface area contributed by atoms with Crippen LogP contribution in [0.15, 0.2) is 46.0 Å². The van der Waals surface area contributed by atoms with Crippen molar-refractivity contribution in [1.82, 2.24) is 0 Å². The Morgan fingerprint density at radius 1 is 1.21 bits per heavy atom. The molecule has 1 aromatic heterocycles. The van der Waals surface area contributed by atoms with Crippen molar-refractivity contribution in [3.8, 4) is 5.75 Å². The van der Waals surface area contributed by atoms with Gasteiger partial charge in [0, 0.05) is 0 Å². The van der Waals surface area contributed by atoms with E-state index in [9.17, 15) is 0 Å². The molecule has 0 radical (unpaired) electrons. The fourth-order valence-electron chi connectivity index (χ4n) is 1.64. The van der Waals surface area contributed by atoms with Crippen molar-refractivity contribution in [3.05, 3.63) is 47.9 Å². The van der Waals surface area contributed by atoms with Crippen molar-refractivity contribution in [2.75, 3.05) is 0 Å². The van der Waals surface area contributed by atoms with Crippen molar-refractivity contribution in [2.24, 2.45) is 4.99 Å². The maximum Gasteiger partial charge on any atom is 0.242 e. The zero-order chi connectivity index (χ0) is 13.9. The predicted octanol–water partition coefficient (Wildman–Crippen LogP) is 4.55. The largest absolute Gasteiger partial charge is 0.543 e. The lowest BCUT2D eigenvalue weighted by molar-refractivity contribution is 0.557. The molecule has 4 heteroatoms. The van der Waals surface area contributed by atoms with Gasteiger partial charge in [-0.15, -0.1) is 0 Å². The standard InChI is InChI=1S/C15H19NO2Si/c1-12-7-8-15(18-19(2,3)4)14(10-12)16-11-13-6-5-9-17-13/h5-11H,1-4H3. The van der Waals surface area contributed by atoms with E-state index in [1.54, 1.807) is 12.5 Å². The lowest BCUT2D eigenvalue weighted by Crippen LogP contribution is -2.29. The second-order valence-electron chi connectivity index (χ2n) is 5.46. The monoisotopic (exact) mass is 273 g/mol. The fraction of sp³-hybridized carbons (Fsp3) is 0.267. The highest BCUT2D eigenvalue weighted by Gasteiger charge is 2.18. The molecule has 2 rings (SSSR count). The molecular weight excluding hydrogens is 254 g/mol. The first-order valence-corrected chi connectivity index (χ1v) is 9.72. The second-order valence-corrected chi connectivity index (χ2v) is 9.89. The number of rotatable bonds is 4. The molecule has 0 aliphatic carbocycles. The third-order valence-electron chi connectivity index (χ3n) is 2.40. The Labute approximate surface area is 115 Å². The predicted molar refractivity (Wildman–Crippen MR) is 81.1 cm³/mol. The molecule has 0 saturated heterocycles. The van der Waals surface area contributed by atoms with Crippen LogP contribution in [0.3, 0.4) is 0 Å². The highest BCUT2D eigenvalue weighted by Crippen LogP contribution is 2.30. The summed E-state index contributed by atoms with van der Waals surface area (Å²) in [5, 5.41) is 0. The molecule has 100 valence electrons. The van der Waals surface area contributed by atoms with Crippen LogP contribution >= 0.6 is 0 Å². The minimum Gasteiger partial charge on any atom is -0.543 e. The van der Waals surface area contributed by atoms with Gasteiger partial charge < -0.3 is 8.84 Å². The van der Waals surface area contributed by atoms with Gasteiger partial charge in [0.05, 0.1) is 12.5 Å². The zero-order valence-electron chi connectivity index (χ0n) is 11.8. The Balaban J connectivity index is 2.29. The number of benzene rings is 1. The summed E-state index contributed by atoms with van der Waals surface area (Å²) in [6.07, 6.45) is 3.35. The first kappa shape index (κ1) is 13.6. The van der Waals surface area contributed by atoms with Gasteiger partial charge in [0.1, 0.15) is 17.2 Å². The zero-order valence-corrected chi connectivity index (χ0v) is 12.8. The molecule has 0 unspecified atom stereocenters. The molecule has 0 aliphatic rings. The van der Waals surface area contributed by atoms with E-state index in [2.05, 4.69) is 24.6 Å². The van der Waals surface area contributed by atoms with Crippen LogP contribution in [0, 0.1) is 6.92 Å². The maximum absolute atomic E-state index is 6.05. The van der Waals surface area contributed by atoms with E-state index in [1.165, 1.54) is 0 Å². The normalized spacial score (nSPS) is 12.0. The maximum atomic E-state index is 6.05. The topological polar surface area (TPSA) is 34.7 Å². The van der Waals surface area contributed by atoms with Gasteiger partial charge in [-0.2, -0.15) is 0 Å². The van der Waals surface area contributed by atoms with Crippen molar-refractivity contribution >= 4 is 20.2 Å². The van der Waals surface area contributed by atoms with Gasteiger partial charge in [0.25, 0.3) is 0 Å². The van der Waals surface area contributed by atoms with Gasteiger partial charge in [0.2, 0.25) is 8.32 Å². The molecule has 1 aromatic carbocycles. The Hall–Kier alpha value is -1.81. The molecule has 3 nitrogen and oxygen atoms in total. The third kappa shape index (κ3) is 4.10. The van der Waals surface area contributed by atoms with Crippen molar-refractivity contribution in [1.29, 1.82) is 0 Å². The van der Waals surface area contributed by atoms with Crippen LogP contribution in [0.25, 0.3) is 0 Å². The Morgan fingerprint density at radius 2 is 2.00 bits per heavy atom. The molecule has 0 aliphatic heterocycles. The summed E-state index contributed by atoms with van der Waals surface area (Å²) in [4.78, 5) is 4.47. The van der Waals surface area contributed by atoms with Crippen molar-refractivity contribution in [3.63, 3.8) is 0 Å². The minimum absolute atomic E-state index is 0.737. The summed E-state index contributed by atoms with van der Waals surface area (Å²) >= 11 is 0. The van der Waals surface area contributed by atoms with Gasteiger partial charge in [-0.25, -0.2) is 4.99 Å². The molecule has 0 fully saturated rings. The van der Waals surface area contributed by atoms with Gasteiger partial charge in [-0.05, 0) is 56.4 Å². The molecule has 19 heavy (non-hydrogen) atoms. The summed E-state index contributed by atoms with van der Waals surface area (Å²) in [5.74, 6) is 1.58. The van der Waals surface area contributed by atoms with E-state index in [4.69, 9.17) is 8.84 Å². The van der Waals surface area contributed by atoms with E-state index >= 15 is 0 Å². The smallest absolute Gasteiger partial charge is 0.242 e. The molecule has 0 spiro atoms. The highest BCUT2D eigenvalue weighted by molar-refractivity contribution is 6.70. The summed E-state index contributed by atoms with van der Waals surface area (Å²) < 4.78 is 11.3. The molecule has 0 atom stereocenters. The average Bonchev–Trinajstić information content (AvgIpc) is 2.81. The Morgan fingerprint density at radius 3 is 2.63 bits per heavy atom. The van der Waals surface area contributed by atoms with Crippen LogP contribution in [0.2, 0.25) is 19.6 Å². The van der Waals surface area contributed by atoms with Crippen LogP contribution in [-0.4, -0.2) is 14.5 Å². The number of aliphatic imine (C=N–C) groups is 1. The second kappa shape index (κ2) is 5.44. The first-order valence-electron chi connectivity index (χ1n) is 6.31. The minimum atomic E-state index is -1.64. The van der Waals surface area contributed by atoms with Crippen LogP contribution < -0.4 is 4.43 Å². The number of hydrogen-bond acceptors (Lipinski definition) is 3. The first-order chi connectivity index (χ1) is 8.94. The SMILES string of the molecule is Cc1ccc(O[Si](C)(C)C)c(N=Cc2ccco2)c1. The molecular formula is C15H19NO2Si. The third-order valence-corrected chi connectivity index (χ3v) is 3.24. The fourth-order valence-corrected chi connectivity index (χ4v) is 2.47. The molecule has 0 bridgehead atoms. The van der Waals surface area contributed by atoms with Crippen LogP contribution in [-0.2, 0) is 0 Å². The molecule has 0 N–H and O–H groups in total. The lowest BCUT2D eigenvalue weighted by Gasteiger charge is -2.20. The summed E-state index contributed by atoms with van der Waals surface area (Å²) in [5.41, 5.74) is 2.01. The summed E-state index contributed by atoms with van der Waals surface area (Å²) in [6, 6.07) is 9.77. The highest BCUT2D eigenvalue weighted by atomic mass is 28.4. The van der Waals surface area contributed by atoms with E-state index in [0.717, 1.165) is 22.8 Å². The molecule has 0 saturated carbocycles. The van der Waals surface area contributed by atoms with E-state index < -0.39 is 8.32 Å². The van der Waals surface area contributed by atoms with Crippen molar-refractivity contribution < 1.29 is 8.84 Å². The van der Waals surface area contributed by atoms with E-state index in [-0.39, 0.29) is 0 Å². The number of nitrogens with zero attached hydrogens (tertiary/aromatic N) is 1. The number of furan rings is 1. The molecule has 1 heterocycles. The van der Waals surface area contributed by atoms with Gasteiger partial charge in [-0.3, -0.25) is 0 Å². The van der Waals surface area contributed by atoms with Crippen LogP contribution in [0.1, 0.15) is 11.3 Å². The van der Waals surface area contributed by atoms with E-state index in [1.807, 2.05) is 37.3 Å². The van der Waals surface area contributed by atoms with Gasteiger partial charge >= 0.3 is 0 Å². The number of hydrogen-bond donors (Lipinski definition) is 0. The van der Waals surface area contributed by atoms with Crippen LogP contribution in [0.4, 0.5) is 5.69 Å². The average molecular weight is 273 g/mol. The van der Waals surface area contributed by atoms with Gasteiger partial charge in [-0.1, -0.05) is 6.07 Å². The Bertz CT molecular complexity index is 568. The van der Waals surface area contributed by atoms with Gasteiger partial charge in [0.15, 0.2) is 0 Å². The summed E-state index contributed by atoms with van der Waals surface area (Å²) in [7, 11) is -1.64.